The first-order chi connectivity index (χ1) is 8.61. The Bertz CT molecular complexity index is 583. The molecule has 0 aliphatic rings. The summed E-state index contributed by atoms with van der Waals surface area (Å²) in [6.45, 7) is 1.90. The minimum atomic E-state index is -0.366. The first-order valence-electron chi connectivity index (χ1n) is 5.17. The van der Waals surface area contributed by atoms with Gasteiger partial charge in [0.05, 0.1) is 9.82 Å². The number of nitrogens with one attached hydrogen (secondary N) is 1. The molecule has 0 aliphatic heterocycles. The van der Waals surface area contributed by atoms with Crippen molar-refractivity contribution in [1.29, 1.82) is 0 Å². The summed E-state index contributed by atoms with van der Waals surface area (Å²) in [4.78, 5) is 15.7. The molecule has 0 fully saturated rings. The average Bonchev–Trinajstić information content (AvgIpc) is 2.74. The number of hydrogen-bond donors (Lipinski definition) is 1. The number of aryl methyl sites for hydroxylation is 1. The van der Waals surface area contributed by atoms with E-state index in [9.17, 15) is 10.1 Å². The van der Waals surface area contributed by atoms with E-state index >= 15 is 0 Å². The molecule has 0 saturated carbocycles. The Morgan fingerprint density at radius 3 is 2.83 bits per heavy atom. The number of benzene rings is 1. The lowest BCUT2D eigenvalue weighted by Crippen LogP contribution is -1.97. The van der Waals surface area contributed by atoms with E-state index in [0.717, 1.165) is 10.0 Å². The van der Waals surface area contributed by atoms with E-state index in [0.29, 0.717) is 10.6 Å². The zero-order valence-electron chi connectivity index (χ0n) is 9.84. The predicted octanol–water partition coefficient (Wildman–Crippen LogP) is 3.55. The van der Waals surface area contributed by atoms with Gasteiger partial charge in [0.25, 0.3) is 0 Å². The van der Waals surface area contributed by atoms with Crippen molar-refractivity contribution in [3.8, 4) is 0 Å². The molecule has 0 amide bonds. The molecule has 2 aromatic rings. The summed E-state index contributed by atoms with van der Waals surface area (Å²) in [5, 5.41) is 15.9. The molecule has 94 valence electrons. The van der Waals surface area contributed by atoms with Gasteiger partial charge in [0, 0.05) is 18.1 Å². The van der Waals surface area contributed by atoms with Crippen LogP contribution in [-0.2, 0) is 0 Å². The fraction of sp³-hybridized carbons (Fsp3) is 0.182. The molecule has 0 bridgehead atoms. The number of aromatic nitrogens is 1. The Labute approximate surface area is 112 Å². The SMILES string of the molecule is CNc1cccc(Sc2nc(C)cs2)c1[N+](=O)[O-]. The van der Waals surface area contributed by atoms with Crippen molar-refractivity contribution >= 4 is 34.5 Å². The van der Waals surface area contributed by atoms with Crippen molar-refractivity contribution in [1.82, 2.24) is 4.98 Å². The normalized spacial score (nSPS) is 10.3. The minimum absolute atomic E-state index is 0.0952. The molecule has 18 heavy (non-hydrogen) atoms. The molecule has 1 aromatic carbocycles. The summed E-state index contributed by atoms with van der Waals surface area (Å²) in [6.07, 6.45) is 0. The average molecular weight is 281 g/mol. The quantitative estimate of drug-likeness (QED) is 0.685. The zero-order valence-corrected chi connectivity index (χ0v) is 11.5. The highest BCUT2D eigenvalue weighted by Crippen LogP contribution is 2.39. The number of para-hydroxylation sites is 1. The van der Waals surface area contributed by atoms with Gasteiger partial charge in [0.15, 0.2) is 4.34 Å². The Balaban J connectivity index is 2.41. The van der Waals surface area contributed by atoms with Crippen molar-refractivity contribution in [3.05, 3.63) is 39.4 Å². The van der Waals surface area contributed by atoms with Crippen molar-refractivity contribution in [2.24, 2.45) is 0 Å². The molecule has 2 rings (SSSR count). The monoisotopic (exact) mass is 281 g/mol. The molecule has 0 spiro atoms. The topological polar surface area (TPSA) is 68.1 Å². The molecule has 0 aliphatic carbocycles. The van der Waals surface area contributed by atoms with Crippen LogP contribution in [-0.4, -0.2) is 17.0 Å². The van der Waals surface area contributed by atoms with Crippen molar-refractivity contribution < 1.29 is 4.92 Å². The van der Waals surface area contributed by atoms with Crippen LogP contribution in [0.15, 0.2) is 32.8 Å². The van der Waals surface area contributed by atoms with Gasteiger partial charge in [0.2, 0.25) is 0 Å². The number of anilines is 1. The summed E-state index contributed by atoms with van der Waals surface area (Å²) in [5.74, 6) is 0. The minimum Gasteiger partial charge on any atom is -0.383 e. The van der Waals surface area contributed by atoms with Crippen molar-refractivity contribution in [2.75, 3.05) is 12.4 Å². The lowest BCUT2D eigenvalue weighted by atomic mass is 10.3. The molecule has 5 nitrogen and oxygen atoms in total. The van der Waals surface area contributed by atoms with Crippen molar-refractivity contribution in [2.45, 2.75) is 16.2 Å². The second kappa shape index (κ2) is 5.36. The summed E-state index contributed by atoms with van der Waals surface area (Å²) >= 11 is 2.81. The first kappa shape index (κ1) is 12.8. The second-order valence-electron chi connectivity index (χ2n) is 3.52. The van der Waals surface area contributed by atoms with Gasteiger partial charge in [-0.15, -0.1) is 11.3 Å². The van der Waals surface area contributed by atoms with Crippen LogP contribution in [0, 0.1) is 17.0 Å². The van der Waals surface area contributed by atoms with Gasteiger partial charge in [-0.05, 0) is 19.1 Å². The van der Waals surface area contributed by atoms with Gasteiger partial charge in [-0.1, -0.05) is 17.8 Å². The third kappa shape index (κ3) is 2.62. The van der Waals surface area contributed by atoms with Gasteiger partial charge in [0.1, 0.15) is 5.69 Å². The highest BCUT2D eigenvalue weighted by atomic mass is 32.2. The number of hydrogen-bond acceptors (Lipinski definition) is 6. The maximum Gasteiger partial charge on any atom is 0.306 e. The fourth-order valence-electron chi connectivity index (χ4n) is 1.47. The van der Waals surface area contributed by atoms with Crippen LogP contribution in [0.3, 0.4) is 0 Å². The molecule has 0 unspecified atom stereocenters. The Hall–Kier alpha value is -1.60. The largest absolute Gasteiger partial charge is 0.383 e. The third-order valence-electron chi connectivity index (χ3n) is 2.25. The predicted molar refractivity (Wildman–Crippen MR) is 73.6 cm³/mol. The molecular formula is C11H11N3O2S2. The van der Waals surface area contributed by atoms with E-state index < -0.39 is 0 Å². The third-order valence-corrected chi connectivity index (χ3v) is 4.35. The molecular weight excluding hydrogens is 270 g/mol. The van der Waals surface area contributed by atoms with Crippen LogP contribution in [0.5, 0.6) is 0 Å². The van der Waals surface area contributed by atoms with Crippen LogP contribution in [0.25, 0.3) is 0 Å². The van der Waals surface area contributed by atoms with Gasteiger partial charge in [-0.25, -0.2) is 4.98 Å². The summed E-state index contributed by atoms with van der Waals surface area (Å²) in [7, 11) is 1.67. The fourth-order valence-corrected chi connectivity index (χ4v) is 3.40. The second-order valence-corrected chi connectivity index (χ2v) is 5.66. The highest BCUT2D eigenvalue weighted by molar-refractivity contribution is 8.01. The van der Waals surface area contributed by atoms with Crippen molar-refractivity contribution in [3.63, 3.8) is 0 Å². The molecule has 1 N–H and O–H groups in total. The van der Waals surface area contributed by atoms with Crippen LogP contribution in [0.1, 0.15) is 5.69 Å². The van der Waals surface area contributed by atoms with Crippen LogP contribution >= 0.6 is 23.1 Å². The lowest BCUT2D eigenvalue weighted by Gasteiger charge is -2.05. The van der Waals surface area contributed by atoms with Gasteiger partial charge < -0.3 is 5.32 Å². The van der Waals surface area contributed by atoms with E-state index in [1.54, 1.807) is 25.2 Å². The van der Waals surface area contributed by atoms with E-state index in [4.69, 9.17) is 0 Å². The van der Waals surface area contributed by atoms with Crippen LogP contribution in [0.2, 0.25) is 0 Å². The van der Waals surface area contributed by atoms with E-state index in [1.165, 1.54) is 23.1 Å². The molecule has 1 aromatic heterocycles. The standard InChI is InChI=1S/C11H11N3O2S2/c1-7-6-17-11(13-7)18-9-5-3-4-8(12-2)10(9)14(15)16/h3-6,12H,1-2H3. The van der Waals surface area contributed by atoms with E-state index in [-0.39, 0.29) is 10.6 Å². The molecule has 0 saturated heterocycles. The number of nitro groups is 1. The van der Waals surface area contributed by atoms with Gasteiger partial charge in [-0.2, -0.15) is 0 Å². The number of rotatable bonds is 4. The molecule has 0 atom stereocenters. The Morgan fingerprint density at radius 2 is 2.28 bits per heavy atom. The molecule has 7 heteroatoms. The summed E-state index contributed by atoms with van der Waals surface area (Å²) in [6, 6.07) is 5.22. The smallest absolute Gasteiger partial charge is 0.306 e. The summed E-state index contributed by atoms with van der Waals surface area (Å²) < 4.78 is 0.809. The number of nitrogens with zero attached hydrogens (tertiary/aromatic N) is 2. The van der Waals surface area contributed by atoms with Crippen LogP contribution < -0.4 is 5.32 Å². The maximum atomic E-state index is 11.1. The van der Waals surface area contributed by atoms with E-state index in [2.05, 4.69) is 10.3 Å². The number of nitro benzene ring substituents is 1. The molecule has 1 heterocycles. The van der Waals surface area contributed by atoms with Gasteiger partial charge >= 0.3 is 5.69 Å². The Morgan fingerprint density at radius 1 is 1.50 bits per heavy atom. The van der Waals surface area contributed by atoms with Gasteiger partial charge in [-0.3, -0.25) is 10.1 Å². The lowest BCUT2D eigenvalue weighted by molar-refractivity contribution is -0.386. The summed E-state index contributed by atoms with van der Waals surface area (Å²) in [5.41, 5.74) is 1.53. The zero-order chi connectivity index (χ0) is 13.1. The highest BCUT2D eigenvalue weighted by Gasteiger charge is 2.20. The first-order valence-corrected chi connectivity index (χ1v) is 6.86. The number of thiazole rings is 1. The Kier molecular flexibility index (Phi) is 3.83. The maximum absolute atomic E-state index is 11.1. The molecule has 0 radical (unpaired) electrons. The van der Waals surface area contributed by atoms with Crippen LogP contribution in [0.4, 0.5) is 11.4 Å². The van der Waals surface area contributed by atoms with E-state index in [1.807, 2.05) is 12.3 Å².